The summed E-state index contributed by atoms with van der Waals surface area (Å²) in [6.45, 7) is 7.11. The van der Waals surface area contributed by atoms with Crippen LogP contribution in [-0.4, -0.2) is 6.67 Å². The van der Waals surface area contributed by atoms with Crippen molar-refractivity contribution in [3.8, 4) is 0 Å². The molecule has 1 heterocycles. The van der Waals surface area contributed by atoms with Crippen LogP contribution in [0.3, 0.4) is 0 Å². The van der Waals surface area contributed by atoms with E-state index < -0.39 is 0 Å². The molecular weight excluding hydrogens is 264 g/mol. The third-order valence-corrected chi connectivity index (χ3v) is 4.49. The van der Waals surface area contributed by atoms with E-state index >= 15 is 0 Å². The number of thioether (sulfide) groups is 1. The summed E-state index contributed by atoms with van der Waals surface area (Å²) in [7, 11) is 0. The first kappa shape index (κ1) is 13.3. The number of hydrogen-bond acceptors (Lipinski definition) is 3. The average molecular weight is 282 g/mol. The predicted octanol–water partition coefficient (Wildman–Crippen LogP) is 4.31. The summed E-state index contributed by atoms with van der Waals surface area (Å²) >= 11 is 1.74. The van der Waals surface area contributed by atoms with Crippen LogP contribution in [0.1, 0.15) is 17.2 Å². The quantitative estimate of drug-likeness (QED) is 0.815. The van der Waals surface area contributed by atoms with Gasteiger partial charge in [-0.15, -0.1) is 0 Å². The number of fused-ring (bicyclic) bond motifs is 1. The lowest BCUT2D eigenvalue weighted by Gasteiger charge is -2.26. The van der Waals surface area contributed by atoms with E-state index in [2.05, 4.69) is 66.6 Å². The second-order valence-corrected chi connectivity index (χ2v) is 6.14. The molecule has 1 unspecified atom stereocenters. The molecule has 0 aliphatic carbocycles. The molecule has 1 aliphatic rings. The summed E-state index contributed by atoms with van der Waals surface area (Å²) in [5.74, 6) is 0. The molecule has 2 aromatic rings. The first-order valence-corrected chi connectivity index (χ1v) is 7.55. The van der Waals surface area contributed by atoms with Crippen molar-refractivity contribution >= 4 is 17.4 Å². The van der Waals surface area contributed by atoms with Gasteiger partial charge in [0.15, 0.2) is 0 Å². The van der Waals surface area contributed by atoms with Crippen LogP contribution in [0.2, 0.25) is 0 Å². The summed E-state index contributed by atoms with van der Waals surface area (Å²) in [4.78, 5) is 2.37. The zero-order valence-corrected chi connectivity index (χ0v) is 12.3. The van der Waals surface area contributed by atoms with Crippen LogP contribution in [0.15, 0.2) is 64.9 Å². The molecule has 1 aliphatic heterocycles. The summed E-state index contributed by atoms with van der Waals surface area (Å²) < 4.78 is 0. The van der Waals surface area contributed by atoms with Crippen molar-refractivity contribution in [1.29, 1.82) is 0 Å². The van der Waals surface area contributed by atoms with Crippen molar-refractivity contribution in [3.05, 3.63) is 71.1 Å². The predicted molar refractivity (Wildman–Crippen MR) is 87.0 cm³/mol. The Morgan fingerprint density at radius 2 is 1.95 bits per heavy atom. The Hall–Kier alpha value is -1.71. The van der Waals surface area contributed by atoms with E-state index in [9.17, 15) is 0 Å². The van der Waals surface area contributed by atoms with Gasteiger partial charge in [0.05, 0.1) is 12.7 Å². The van der Waals surface area contributed by atoms with Crippen molar-refractivity contribution < 1.29 is 0 Å². The lowest BCUT2D eigenvalue weighted by atomic mass is 10.1. The fraction of sp³-hybridized carbons (Fsp3) is 0.176. The highest BCUT2D eigenvalue weighted by molar-refractivity contribution is 8.03. The topological polar surface area (TPSA) is 24.1 Å². The number of anilines is 1. The largest absolute Gasteiger partial charge is 0.372 e. The van der Waals surface area contributed by atoms with E-state index in [4.69, 9.17) is 0 Å². The molecule has 3 heteroatoms. The SMILES string of the molecule is C=C1Sc2ccc(C)cc2NCNC1c1ccccc1. The van der Waals surface area contributed by atoms with Crippen LogP contribution in [0.25, 0.3) is 0 Å². The zero-order chi connectivity index (χ0) is 13.9. The first-order valence-electron chi connectivity index (χ1n) is 6.73. The van der Waals surface area contributed by atoms with Gasteiger partial charge >= 0.3 is 0 Å². The molecule has 0 spiro atoms. The highest BCUT2D eigenvalue weighted by Gasteiger charge is 2.19. The Morgan fingerprint density at radius 3 is 2.75 bits per heavy atom. The minimum atomic E-state index is 0.170. The molecule has 2 nitrogen and oxygen atoms in total. The lowest BCUT2D eigenvalue weighted by Crippen LogP contribution is -2.29. The maximum Gasteiger partial charge on any atom is 0.0660 e. The summed E-state index contributed by atoms with van der Waals surface area (Å²) in [5, 5.41) is 6.97. The summed E-state index contributed by atoms with van der Waals surface area (Å²) in [6.07, 6.45) is 0. The Kier molecular flexibility index (Phi) is 3.81. The fourth-order valence-corrected chi connectivity index (χ4v) is 3.38. The highest BCUT2D eigenvalue weighted by Crippen LogP contribution is 2.39. The van der Waals surface area contributed by atoms with Gasteiger partial charge in [0.2, 0.25) is 0 Å². The van der Waals surface area contributed by atoms with Gasteiger partial charge < -0.3 is 5.32 Å². The highest BCUT2D eigenvalue weighted by atomic mass is 32.2. The van der Waals surface area contributed by atoms with Gasteiger partial charge in [0, 0.05) is 15.5 Å². The van der Waals surface area contributed by atoms with Crippen molar-refractivity contribution in [2.45, 2.75) is 17.9 Å². The van der Waals surface area contributed by atoms with Gasteiger partial charge in [-0.2, -0.15) is 0 Å². The van der Waals surface area contributed by atoms with Crippen molar-refractivity contribution in [2.24, 2.45) is 0 Å². The number of nitrogens with one attached hydrogen (secondary N) is 2. The summed E-state index contributed by atoms with van der Waals surface area (Å²) in [5.41, 5.74) is 3.69. The number of benzene rings is 2. The molecule has 20 heavy (non-hydrogen) atoms. The third-order valence-electron chi connectivity index (χ3n) is 3.42. The molecule has 0 saturated heterocycles. The number of aryl methyl sites for hydroxylation is 1. The Labute approximate surface area is 124 Å². The molecule has 0 radical (unpaired) electrons. The minimum absolute atomic E-state index is 0.170. The van der Waals surface area contributed by atoms with Gasteiger partial charge in [0.25, 0.3) is 0 Å². The van der Waals surface area contributed by atoms with Crippen LogP contribution >= 0.6 is 11.8 Å². The molecule has 3 rings (SSSR count). The molecule has 0 bridgehead atoms. The van der Waals surface area contributed by atoms with Crippen molar-refractivity contribution in [2.75, 3.05) is 12.0 Å². The molecule has 102 valence electrons. The number of hydrogen-bond donors (Lipinski definition) is 2. The minimum Gasteiger partial charge on any atom is -0.372 e. The summed E-state index contributed by atoms with van der Waals surface area (Å²) in [6, 6.07) is 17.1. The van der Waals surface area contributed by atoms with Gasteiger partial charge in [0.1, 0.15) is 0 Å². The Bertz CT molecular complexity index is 622. The fourth-order valence-electron chi connectivity index (χ4n) is 2.38. The van der Waals surface area contributed by atoms with Gasteiger partial charge in [-0.3, -0.25) is 5.32 Å². The second kappa shape index (κ2) is 5.73. The van der Waals surface area contributed by atoms with E-state index in [0.29, 0.717) is 0 Å². The van der Waals surface area contributed by atoms with E-state index in [1.165, 1.54) is 21.7 Å². The van der Waals surface area contributed by atoms with E-state index in [1.807, 2.05) is 6.07 Å². The van der Waals surface area contributed by atoms with Crippen LogP contribution in [0.5, 0.6) is 0 Å². The van der Waals surface area contributed by atoms with Crippen molar-refractivity contribution in [1.82, 2.24) is 5.32 Å². The second-order valence-electron chi connectivity index (χ2n) is 4.97. The molecule has 1 atom stereocenters. The molecule has 2 aromatic carbocycles. The van der Waals surface area contributed by atoms with E-state index in [1.54, 1.807) is 11.8 Å². The molecule has 0 aromatic heterocycles. The maximum absolute atomic E-state index is 4.27. The monoisotopic (exact) mass is 282 g/mol. The number of rotatable bonds is 1. The molecule has 0 saturated carbocycles. The standard InChI is InChI=1S/C17H18N2S/c1-12-8-9-16-15(10-12)18-11-19-17(13(2)20-16)14-6-4-3-5-7-14/h3-10,17-19H,2,11H2,1H3. The lowest BCUT2D eigenvalue weighted by molar-refractivity contribution is 0.645. The Morgan fingerprint density at radius 1 is 1.15 bits per heavy atom. The molecular formula is C17H18N2S. The van der Waals surface area contributed by atoms with Crippen molar-refractivity contribution in [3.63, 3.8) is 0 Å². The van der Waals surface area contributed by atoms with Crippen LogP contribution in [0.4, 0.5) is 5.69 Å². The van der Waals surface area contributed by atoms with Gasteiger partial charge in [-0.1, -0.05) is 54.7 Å². The van der Waals surface area contributed by atoms with Crippen LogP contribution < -0.4 is 10.6 Å². The average Bonchev–Trinajstić information content (AvgIpc) is 2.45. The van der Waals surface area contributed by atoms with E-state index in [-0.39, 0.29) is 6.04 Å². The maximum atomic E-state index is 4.27. The van der Waals surface area contributed by atoms with Gasteiger partial charge in [-0.25, -0.2) is 0 Å². The molecule has 0 fully saturated rings. The van der Waals surface area contributed by atoms with Crippen LogP contribution in [-0.2, 0) is 0 Å². The van der Waals surface area contributed by atoms with Gasteiger partial charge in [-0.05, 0) is 30.2 Å². The third kappa shape index (κ3) is 2.74. The normalized spacial score (nSPS) is 18.6. The molecule has 2 N–H and O–H groups in total. The Balaban J connectivity index is 1.90. The van der Waals surface area contributed by atoms with E-state index in [0.717, 1.165) is 11.6 Å². The first-order chi connectivity index (χ1) is 9.74. The smallest absolute Gasteiger partial charge is 0.0660 e. The zero-order valence-electron chi connectivity index (χ0n) is 11.5. The van der Waals surface area contributed by atoms with Crippen LogP contribution in [0, 0.1) is 6.92 Å². The molecule has 0 amide bonds.